The highest BCUT2D eigenvalue weighted by atomic mass is 19.3. The van der Waals surface area contributed by atoms with Gasteiger partial charge in [-0.25, -0.2) is 13.8 Å². The van der Waals surface area contributed by atoms with E-state index in [-0.39, 0.29) is 38.0 Å². The van der Waals surface area contributed by atoms with E-state index in [9.17, 15) is 27.9 Å². The number of amides is 1. The van der Waals surface area contributed by atoms with Crippen molar-refractivity contribution in [1.29, 1.82) is 0 Å². The highest BCUT2D eigenvalue weighted by Crippen LogP contribution is 2.27. The summed E-state index contributed by atoms with van der Waals surface area (Å²) in [5.41, 5.74) is 0.868. The Bertz CT molecular complexity index is 1640. The van der Waals surface area contributed by atoms with Gasteiger partial charge in [0, 0.05) is 56.0 Å². The molecule has 0 bridgehead atoms. The van der Waals surface area contributed by atoms with Gasteiger partial charge in [0.1, 0.15) is 12.4 Å². The van der Waals surface area contributed by atoms with Crippen molar-refractivity contribution < 1.29 is 27.8 Å². The average Bonchev–Trinajstić information content (AvgIpc) is 3.64. The minimum Gasteiger partial charge on any atom is -0.388 e. The van der Waals surface area contributed by atoms with E-state index in [0.717, 1.165) is 41.4 Å². The van der Waals surface area contributed by atoms with Crippen molar-refractivity contribution in [2.24, 2.45) is 0 Å². The summed E-state index contributed by atoms with van der Waals surface area (Å²) >= 11 is 0. The van der Waals surface area contributed by atoms with Gasteiger partial charge in [0.2, 0.25) is 11.9 Å². The highest BCUT2D eigenvalue weighted by Gasteiger charge is 2.36. The summed E-state index contributed by atoms with van der Waals surface area (Å²) < 4.78 is 49.8. The summed E-state index contributed by atoms with van der Waals surface area (Å²) in [6.07, 6.45) is 1.11. The molecule has 1 amide bonds. The maximum absolute atomic E-state index is 13.6. The topological polar surface area (TPSA) is 111 Å². The highest BCUT2D eigenvalue weighted by molar-refractivity contribution is 5.77. The van der Waals surface area contributed by atoms with Crippen molar-refractivity contribution in [3.63, 3.8) is 0 Å². The van der Waals surface area contributed by atoms with Crippen molar-refractivity contribution in [3.8, 4) is 5.69 Å². The lowest BCUT2D eigenvalue weighted by atomic mass is 9.91. The van der Waals surface area contributed by atoms with Gasteiger partial charge in [-0.15, -0.1) is 5.10 Å². The molecule has 2 aliphatic heterocycles. The first-order valence-electron chi connectivity index (χ1n) is 14.2. The first-order valence-corrected chi connectivity index (χ1v) is 14.2. The van der Waals surface area contributed by atoms with Gasteiger partial charge >= 0.3 is 0 Å². The number of hydrogen-bond acceptors (Lipinski definition) is 7. The van der Waals surface area contributed by atoms with Crippen molar-refractivity contribution >= 4 is 22.6 Å². The Morgan fingerprint density at radius 3 is 2.35 bits per heavy atom. The van der Waals surface area contributed by atoms with Crippen molar-refractivity contribution in [3.05, 3.63) is 71.4 Å². The number of hydrogen-bond donors (Lipinski definition) is 1. The third kappa shape index (κ3) is 6.02. The maximum Gasteiger partial charge on any atom is 0.262 e. The van der Waals surface area contributed by atoms with Gasteiger partial charge in [0.05, 0.1) is 37.2 Å². The summed E-state index contributed by atoms with van der Waals surface area (Å²) in [5, 5.41) is 15.1. The van der Waals surface area contributed by atoms with Crippen LogP contribution >= 0.6 is 0 Å². The van der Waals surface area contributed by atoms with E-state index in [1.165, 1.54) is 15.8 Å². The second kappa shape index (κ2) is 11.8. The summed E-state index contributed by atoms with van der Waals surface area (Å²) in [6.45, 7) is 3.29. The molecule has 5 heterocycles. The fourth-order valence-electron chi connectivity index (χ4n) is 5.77. The lowest BCUT2D eigenvalue weighted by Crippen LogP contribution is -2.50. The first-order chi connectivity index (χ1) is 20.7. The Morgan fingerprint density at radius 1 is 1.00 bits per heavy atom. The van der Waals surface area contributed by atoms with E-state index >= 15 is 0 Å². The number of likely N-dealkylation sites (tertiary alicyclic amines) is 1. The molecule has 2 saturated heterocycles. The predicted molar refractivity (Wildman–Crippen MR) is 151 cm³/mol. The molecule has 2 fully saturated rings. The molecule has 11 nitrogen and oxygen atoms in total. The van der Waals surface area contributed by atoms with Gasteiger partial charge in [-0.1, -0.05) is 0 Å². The number of morpholine rings is 1. The number of halogens is 3. The Balaban J connectivity index is 1.11. The van der Waals surface area contributed by atoms with Crippen LogP contribution in [0, 0.1) is 5.95 Å². The number of ether oxygens (including phenoxy) is 1. The van der Waals surface area contributed by atoms with E-state index in [2.05, 4.69) is 15.0 Å². The number of piperidine rings is 1. The molecule has 0 spiro atoms. The fourth-order valence-corrected chi connectivity index (χ4v) is 5.77. The van der Waals surface area contributed by atoms with Crippen molar-refractivity contribution in [2.45, 2.75) is 43.9 Å². The van der Waals surface area contributed by atoms with Gasteiger partial charge in [0.25, 0.3) is 12.0 Å². The van der Waals surface area contributed by atoms with Crippen LogP contribution in [-0.2, 0) is 16.1 Å². The van der Waals surface area contributed by atoms with Gasteiger partial charge in [-0.05, 0) is 43.2 Å². The number of carbonyl (C=O) groups is 1. The number of rotatable bonds is 8. The van der Waals surface area contributed by atoms with Crippen LogP contribution in [0.1, 0.15) is 25.3 Å². The molecule has 1 aromatic carbocycles. The van der Waals surface area contributed by atoms with Crippen LogP contribution < -0.4 is 10.5 Å². The fraction of sp³-hybridized carbons (Fsp3) is 0.448. The molecule has 3 aromatic heterocycles. The van der Waals surface area contributed by atoms with Crippen LogP contribution in [0.5, 0.6) is 0 Å². The van der Waals surface area contributed by atoms with Gasteiger partial charge in [0.15, 0.2) is 5.65 Å². The van der Waals surface area contributed by atoms with Crippen LogP contribution in [0.4, 0.5) is 18.9 Å². The molecule has 0 saturated carbocycles. The zero-order valence-corrected chi connectivity index (χ0v) is 23.4. The number of aromatic nitrogens is 5. The zero-order valence-electron chi connectivity index (χ0n) is 23.4. The number of alkyl halides is 2. The molecule has 6 rings (SSSR count). The number of fused-ring (bicyclic) bond motifs is 1. The number of nitrogens with zero attached hydrogens (tertiary/aromatic N) is 7. The third-order valence-electron chi connectivity index (χ3n) is 8.28. The van der Waals surface area contributed by atoms with Crippen LogP contribution in [0.2, 0.25) is 0 Å². The molecule has 4 aromatic rings. The summed E-state index contributed by atoms with van der Waals surface area (Å²) in [5.74, 6) is -1.44. The Labute approximate surface area is 244 Å². The van der Waals surface area contributed by atoms with E-state index in [0.29, 0.717) is 24.2 Å². The largest absolute Gasteiger partial charge is 0.388 e. The van der Waals surface area contributed by atoms with Crippen molar-refractivity contribution in [1.82, 2.24) is 28.8 Å². The van der Waals surface area contributed by atoms with Crippen LogP contribution in [0.15, 0.2) is 59.9 Å². The van der Waals surface area contributed by atoms with Crippen molar-refractivity contribution in [2.75, 3.05) is 44.3 Å². The quantitative estimate of drug-likeness (QED) is 0.332. The molecule has 0 aliphatic carbocycles. The molecule has 228 valence electrons. The molecule has 1 atom stereocenters. The molecular formula is C29H32F3N7O4. The van der Waals surface area contributed by atoms with Gasteiger partial charge < -0.3 is 24.2 Å². The lowest BCUT2D eigenvalue weighted by molar-refractivity contribution is -0.138. The standard InChI is InChI=1S/C29H32F3N7O4/c30-24-6-10-39(34-24)23(26(31)32)17-25(40)36-11-7-29(42,8-12-36)18-37-19-33-27-22(28(37)41)5-9-38(27)21-3-1-20(2-4-21)35-13-15-43-16-14-35/h1-6,9-10,19,23,26,42H,7-8,11-18H2. The maximum atomic E-state index is 13.6. The minimum absolute atomic E-state index is 0.0253. The van der Waals surface area contributed by atoms with Gasteiger partial charge in [-0.3, -0.25) is 18.8 Å². The summed E-state index contributed by atoms with van der Waals surface area (Å²) in [7, 11) is 0. The molecule has 1 unspecified atom stereocenters. The number of benzene rings is 1. The van der Waals surface area contributed by atoms with E-state index < -0.39 is 36.3 Å². The normalized spacial score (nSPS) is 18.0. The third-order valence-corrected chi connectivity index (χ3v) is 8.28. The lowest BCUT2D eigenvalue weighted by Gasteiger charge is -2.38. The second-order valence-electron chi connectivity index (χ2n) is 11.0. The van der Waals surface area contributed by atoms with Crippen LogP contribution in [0.25, 0.3) is 16.7 Å². The van der Waals surface area contributed by atoms with Crippen LogP contribution in [-0.4, -0.2) is 91.2 Å². The SMILES string of the molecule is O=C(CC(C(F)F)n1ccc(F)n1)N1CCC(O)(Cn2cnc3c(ccn3-c3ccc(N4CCOCC4)cc3)c2=O)CC1. The summed E-state index contributed by atoms with van der Waals surface area (Å²) in [6, 6.07) is 9.08. The smallest absolute Gasteiger partial charge is 0.262 e. The molecule has 2 aliphatic rings. The Kier molecular flexibility index (Phi) is 7.97. The Hall–Kier alpha value is -4.17. The zero-order chi connectivity index (χ0) is 30.1. The van der Waals surface area contributed by atoms with E-state index in [1.54, 1.807) is 12.3 Å². The van der Waals surface area contributed by atoms with Crippen LogP contribution in [0.3, 0.4) is 0 Å². The van der Waals surface area contributed by atoms with E-state index in [4.69, 9.17) is 4.74 Å². The number of anilines is 1. The number of aliphatic hydroxyl groups is 1. The molecule has 14 heteroatoms. The monoisotopic (exact) mass is 599 g/mol. The minimum atomic E-state index is -2.91. The summed E-state index contributed by atoms with van der Waals surface area (Å²) in [4.78, 5) is 34.3. The molecule has 0 radical (unpaired) electrons. The van der Waals surface area contributed by atoms with E-state index in [1.807, 2.05) is 28.8 Å². The average molecular weight is 600 g/mol. The Morgan fingerprint density at radius 2 is 1.70 bits per heavy atom. The predicted octanol–water partition coefficient (Wildman–Crippen LogP) is 2.61. The molecular weight excluding hydrogens is 567 g/mol. The van der Waals surface area contributed by atoms with Gasteiger partial charge in [-0.2, -0.15) is 4.39 Å². The molecule has 1 N–H and O–H groups in total. The number of carbonyl (C=O) groups excluding carboxylic acids is 1. The second-order valence-corrected chi connectivity index (χ2v) is 11.0. The molecule has 43 heavy (non-hydrogen) atoms. The first kappa shape index (κ1) is 28.9.